The first-order chi connectivity index (χ1) is 13.8. The number of fused-ring (bicyclic) bond motifs is 1. The maximum Gasteiger partial charge on any atom is 0.121 e. The van der Waals surface area contributed by atoms with E-state index in [0.29, 0.717) is 19.3 Å². The number of nitrogens with one attached hydrogen (secondary N) is 1. The van der Waals surface area contributed by atoms with E-state index in [9.17, 15) is 5.26 Å². The highest BCUT2D eigenvalue weighted by Crippen LogP contribution is 2.43. The Balaban J connectivity index is 1.87. The summed E-state index contributed by atoms with van der Waals surface area (Å²) in [5.41, 5.74) is 4.95. The standard InChI is InChI=1S/C23H25N3O2/c1-25-17-8-6-16(7-9-17)23-21(15-24)20-11-10-19(28-13-12-27-2)14-22(20)26(23)18-4-3-5-18/h6-11,14,18,25H,3-5,12-13H2,1-2H3. The maximum atomic E-state index is 9.98. The molecule has 0 saturated heterocycles. The molecule has 0 atom stereocenters. The Morgan fingerprint density at radius 3 is 2.54 bits per heavy atom. The number of hydrogen-bond acceptors (Lipinski definition) is 4. The average molecular weight is 375 g/mol. The van der Waals surface area contributed by atoms with Gasteiger partial charge in [-0.2, -0.15) is 5.26 Å². The Bertz CT molecular complexity index is 1010. The molecule has 0 radical (unpaired) electrons. The SMILES string of the molecule is CNc1ccc(-c2c(C#N)c3ccc(OCCOC)cc3n2C2CCC2)cc1. The number of benzene rings is 2. The second-order valence-electron chi connectivity index (χ2n) is 7.14. The van der Waals surface area contributed by atoms with Crippen LogP contribution >= 0.6 is 0 Å². The summed E-state index contributed by atoms with van der Waals surface area (Å²) in [6.07, 6.45) is 3.52. The van der Waals surface area contributed by atoms with Gasteiger partial charge in [0, 0.05) is 37.3 Å². The fraction of sp³-hybridized carbons (Fsp3) is 0.348. The van der Waals surface area contributed by atoms with Crippen LogP contribution in [-0.2, 0) is 4.74 Å². The molecule has 1 aliphatic carbocycles. The summed E-state index contributed by atoms with van der Waals surface area (Å²) < 4.78 is 13.3. The van der Waals surface area contributed by atoms with Crippen molar-refractivity contribution in [1.29, 1.82) is 5.26 Å². The second kappa shape index (κ2) is 7.95. The quantitative estimate of drug-likeness (QED) is 0.592. The van der Waals surface area contributed by atoms with Gasteiger partial charge >= 0.3 is 0 Å². The van der Waals surface area contributed by atoms with Crippen molar-refractivity contribution in [3.63, 3.8) is 0 Å². The maximum absolute atomic E-state index is 9.98. The summed E-state index contributed by atoms with van der Waals surface area (Å²) in [6.45, 7) is 1.06. The Morgan fingerprint density at radius 1 is 1.14 bits per heavy atom. The first kappa shape index (κ1) is 18.4. The van der Waals surface area contributed by atoms with Crippen LogP contribution in [0.25, 0.3) is 22.2 Å². The van der Waals surface area contributed by atoms with E-state index in [1.807, 2.05) is 19.2 Å². The zero-order valence-corrected chi connectivity index (χ0v) is 16.4. The van der Waals surface area contributed by atoms with Crippen LogP contribution in [0.3, 0.4) is 0 Å². The molecule has 1 N–H and O–H groups in total. The molecule has 1 aliphatic rings. The Labute approximate surface area is 165 Å². The van der Waals surface area contributed by atoms with Gasteiger partial charge in [0.05, 0.1) is 23.4 Å². The van der Waals surface area contributed by atoms with Crippen LogP contribution in [0.15, 0.2) is 42.5 Å². The molecule has 5 heteroatoms. The molecule has 0 spiro atoms. The topological polar surface area (TPSA) is 59.2 Å². The average Bonchev–Trinajstić information content (AvgIpc) is 3.00. The number of rotatable bonds is 7. The molecule has 0 unspecified atom stereocenters. The molecule has 5 nitrogen and oxygen atoms in total. The lowest BCUT2D eigenvalue weighted by Crippen LogP contribution is -2.17. The molecule has 1 heterocycles. The van der Waals surface area contributed by atoms with Gasteiger partial charge in [-0.15, -0.1) is 0 Å². The van der Waals surface area contributed by atoms with E-state index in [2.05, 4.69) is 46.3 Å². The van der Waals surface area contributed by atoms with Crippen LogP contribution in [-0.4, -0.2) is 31.9 Å². The smallest absolute Gasteiger partial charge is 0.121 e. The van der Waals surface area contributed by atoms with Gasteiger partial charge in [-0.1, -0.05) is 12.1 Å². The van der Waals surface area contributed by atoms with Crippen molar-refractivity contribution >= 4 is 16.6 Å². The van der Waals surface area contributed by atoms with Crippen molar-refractivity contribution in [2.75, 3.05) is 32.7 Å². The van der Waals surface area contributed by atoms with Crippen molar-refractivity contribution in [1.82, 2.24) is 4.57 Å². The highest BCUT2D eigenvalue weighted by molar-refractivity contribution is 5.95. The molecule has 2 aromatic carbocycles. The number of nitriles is 1. The normalized spacial score (nSPS) is 13.9. The lowest BCUT2D eigenvalue weighted by atomic mass is 9.92. The van der Waals surface area contributed by atoms with Gasteiger partial charge in [0.2, 0.25) is 0 Å². The highest BCUT2D eigenvalue weighted by atomic mass is 16.5. The predicted octanol–water partition coefficient (Wildman–Crippen LogP) is 4.97. The van der Waals surface area contributed by atoms with Crippen LogP contribution in [0.5, 0.6) is 5.75 Å². The number of hydrogen-bond donors (Lipinski definition) is 1. The molecule has 3 aromatic rings. The van der Waals surface area contributed by atoms with E-state index in [1.165, 1.54) is 6.42 Å². The third kappa shape index (κ3) is 3.21. The molecule has 0 bridgehead atoms. The molecule has 4 rings (SSSR count). The summed E-state index contributed by atoms with van der Waals surface area (Å²) >= 11 is 0. The second-order valence-corrected chi connectivity index (χ2v) is 7.14. The van der Waals surface area contributed by atoms with E-state index in [-0.39, 0.29) is 0 Å². The summed E-state index contributed by atoms with van der Waals surface area (Å²) in [7, 11) is 3.57. The van der Waals surface area contributed by atoms with Crippen molar-refractivity contribution in [2.24, 2.45) is 0 Å². The van der Waals surface area contributed by atoms with E-state index < -0.39 is 0 Å². The van der Waals surface area contributed by atoms with Crippen LogP contribution in [0.2, 0.25) is 0 Å². The minimum absolute atomic E-state index is 0.429. The Morgan fingerprint density at radius 2 is 1.93 bits per heavy atom. The van der Waals surface area contributed by atoms with Crippen LogP contribution < -0.4 is 10.1 Å². The summed E-state index contributed by atoms with van der Waals surface area (Å²) in [5.74, 6) is 0.809. The number of aromatic nitrogens is 1. The van der Waals surface area contributed by atoms with Gasteiger partial charge < -0.3 is 19.4 Å². The third-order valence-electron chi connectivity index (χ3n) is 5.53. The first-order valence-electron chi connectivity index (χ1n) is 9.74. The summed E-state index contributed by atoms with van der Waals surface area (Å²) in [4.78, 5) is 0. The minimum Gasteiger partial charge on any atom is -0.491 e. The molecule has 0 amide bonds. The number of methoxy groups -OCH3 is 1. The minimum atomic E-state index is 0.429. The fourth-order valence-corrected chi connectivity index (χ4v) is 3.84. The zero-order valence-electron chi connectivity index (χ0n) is 16.4. The number of nitrogens with zero attached hydrogens (tertiary/aromatic N) is 2. The van der Waals surface area contributed by atoms with E-state index in [1.54, 1.807) is 7.11 Å². The first-order valence-corrected chi connectivity index (χ1v) is 9.74. The van der Waals surface area contributed by atoms with Crippen molar-refractivity contribution in [3.8, 4) is 23.1 Å². The molecule has 0 aliphatic heterocycles. The van der Waals surface area contributed by atoms with Crippen molar-refractivity contribution < 1.29 is 9.47 Å². The van der Waals surface area contributed by atoms with Gasteiger partial charge in [-0.05, 0) is 49.1 Å². The van der Waals surface area contributed by atoms with Gasteiger partial charge in [0.25, 0.3) is 0 Å². The van der Waals surface area contributed by atoms with Gasteiger partial charge in [0.15, 0.2) is 0 Å². The summed E-state index contributed by atoms with van der Waals surface area (Å²) in [5, 5.41) is 14.1. The van der Waals surface area contributed by atoms with E-state index in [0.717, 1.165) is 52.0 Å². The largest absolute Gasteiger partial charge is 0.491 e. The van der Waals surface area contributed by atoms with Crippen LogP contribution in [0.1, 0.15) is 30.9 Å². The molecule has 144 valence electrons. The molecule has 1 aromatic heterocycles. The number of ether oxygens (including phenoxy) is 2. The Kier molecular flexibility index (Phi) is 5.23. The Hall–Kier alpha value is -2.97. The molecular weight excluding hydrogens is 350 g/mol. The lowest BCUT2D eigenvalue weighted by molar-refractivity contribution is 0.146. The highest BCUT2D eigenvalue weighted by Gasteiger charge is 2.27. The van der Waals surface area contributed by atoms with E-state index in [4.69, 9.17) is 9.47 Å². The number of anilines is 1. The third-order valence-corrected chi connectivity index (χ3v) is 5.53. The fourth-order valence-electron chi connectivity index (χ4n) is 3.84. The van der Waals surface area contributed by atoms with Crippen molar-refractivity contribution in [3.05, 3.63) is 48.0 Å². The van der Waals surface area contributed by atoms with Gasteiger partial charge in [-0.25, -0.2) is 0 Å². The molecular formula is C23H25N3O2. The van der Waals surface area contributed by atoms with Crippen LogP contribution in [0, 0.1) is 11.3 Å². The molecule has 1 saturated carbocycles. The van der Waals surface area contributed by atoms with Crippen molar-refractivity contribution in [2.45, 2.75) is 25.3 Å². The lowest BCUT2D eigenvalue weighted by Gasteiger charge is -2.30. The van der Waals surface area contributed by atoms with E-state index >= 15 is 0 Å². The van der Waals surface area contributed by atoms with Crippen LogP contribution in [0.4, 0.5) is 5.69 Å². The monoisotopic (exact) mass is 375 g/mol. The molecule has 1 fully saturated rings. The zero-order chi connectivity index (χ0) is 19.5. The molecule has 28 heavy (non-hydrogen) atoms. The predicted molar refractivity (Wildman–Crippen MR) is 112 cm³/mol. The van der Waals surface area contributed by atoms with Gasteiger partial charge in [0.1, 0.15) is 18.4 Å². The summed E-state index contributed by atoms with van der Waals surface area (Å²) in [6, 6.07) is 17.2. The van der Waals surface area contributed by atoms with Gasteiger partial charge in [-0.3, -0.25) is 0 Å².